The molecule has 1 saturated carbocycles. The van der Waals surface area contributed by atoms with Crippen LogP contribution >= 0.6 is 0 Å². The normalized spacial score (nSPS) is 32.8. The first-order chi connectivity index (χ1) is 12.2. The smallest absolute Gasteiger partial charge is 0.226 e. The summed E-state index contributed by atoms with van der Waals surface area (Å²) in [6.07, 6.45) is 1.88. The minimum absolute atomic E-state index is 0.0298. The molecule has 136 valence electrons. The Morgan fingerprint density at radius 3 is 2.72 bits per heavy atom. The highest BCUT2D eigenvalue weighted by molar-refractivity contribution is 5.83. The lowest BCUT2D eigenvalue weighted by Gasteiger charge is -2.34. The van der Waals surface area contributed by atoms with Gasteiger partial charge in [-0.3, -0.25) is 9.69 Å². The van der Waals surface area contributed by atoms with Gasteiger partial charge < -0.3 is 9.64 Å². The van der Waals surface area contributed by atoms with Crippen LogP contribution in [-0.2, 0) is 9.53 Å². The lowest BCUT2D eigenvalue weighted by atomic mass is 9.99. The van der Waals surface area contributed by atoms with Crippen molar-refractivity contribution in [1.82, 2.24) is 9.80 Å². The minimum Gasteiger partial charge on any atom is -0.379 e. The van der Waals surface area contributed by atoms with Crippen LogP contribution in [0.1, 0.15) is 31.2 Å². The zero-order valence-corrected chi connectivity index (χ0v) is 14.9. The number of carbonyl (C=O) groups is 1. The summed E-state index contributed by atoms with van der Waals surface area (Å²) in [5, 5.41) is 0. The molecular formula is C20H27FN2O2. The summed E-state index contributed by atoms with van der Waals surface area (Å²) in [6, 6.07) is 7.32. The summed E-state index contributed by atoms with van der Waals surface area (Å²) in [4.78, 5) is 17.5. The lowest BCUT2D eigenvalue weighted by Crippen LogP contribution is -2.47. The van der Waals surface area contributed by atoms with Gasteiger partial charge in [0.1, 0.15) is 5.82 Å². The van der Waals surface area contributed by atoms with Gasteiger partial charge in [-0.15, -0.1) is 0 Å². The SMILES string of the molecule is CC[C@@H]1CN(C(=O)[C@@H]2C[C@H]2c2ccccc2F)C[C@H]1N1CCOCC1. The fourth-order valence-corrected chi connectivity index (χ4v) is 4.58. The number of ether oxygens (including phenoxy) is 1. The topological polar surface area (TPSA) is 32.8 Å². The van der Waals surface area contributed by atoms with E-state index in [4.69, 9.17) is 4.74 Å². The number of rotatable bonds is 4. The Morgan fingerprint density at radius 2 is 2.00 bits per heavy atom. The van der Waals surface area contributed by atoms with E-state index in [1.807, 2.05) is 17.0 Å². The maximum Gasteiger partial charge on any atom is 0.226 e. The molecule has 1 aliphatic carbocycles. The molecule has 25 heavy (non-hydrogen) atoms. The molecule has 4 nitrogen and oxygen atoms in total. The second kappa shape index (κ2) is 7.04. The van der Waals surface area contributed by atoms with Gasteiger partial charge in [-0.25, -0.2) is 4.39 Å². The van der Waals surface area contributed by atoms with Crippen molar-refractivity contribution in [3.05, 3.63) is 35.6 Å². The van der Waals surface area contributed by atoms with E-state index in [9.17, 15) is 9.18 Å². The van der Waals surface area contributed by atoms with Crippen molar-refractivity contribution in [2.24, 2.45) is 11.8 Å². The number of amides is 1. The Kier molecular flexibility index (Phi) is 4.78. The highest BCUT2D eigenvalue weighted by Gasteiger charge is 2.49. The molecule has 1 aromatic rings. The number of morpholine rings is 1. The average molecular weight is 346 g/mol. The fourth-order valence-electron chi connectivity index (χ4n) is 4.58. The van der Waals surface area contributed by atoms with Crippen LogP contribution in [0.25, 0.3) is 0 Å². The zero-order chi connectivity index (χ0) is 17.4. The largest absolute Gasteiger partial charge is 0.379 e. The fraction of sp³-hybridized carbons (Fsp3) is 0.650. The number of carbonyl (C=O) groups excluding carboxylic acids is 1. The molecule has 0 aromatic heterocycles. The van der Waals surface area contributed by atoms with E-state index in [2.05, 4.69) is 11.8 Å². The summed E-state index contributed by atoms with van der Waals surface area (Å²) < 4.78 is 19.4. The standard InChI is InChI=1S/C20H27FN2O2/c1-2-14-12-23(13-19(14)22-7-9-25-10-8-22)20(24)17-11-16(17)15-5-3-4-6-18(15)21/h3-6,14,16-17,19H,2,7-13H2,1H3/t14-,16+,17-,19-/m1/s1. The molecule has 1 amide bonds. The molecule has 5 heteroatoms. The van der Waals surface area contributed by atoms with E-state index >= 15 is 0 Å². The molecule has 2 saturated heterocycles. The van der Waals surface area contributed by atoms with E-state index in [1.54, 1.807) is 6.07 Å². The second-order valence-electron chi connectivity index (χ2n) is 7.60. The van der Waals surface area contributed by atoms with Crippen LogP contribution in [0.5, 0.6) is 0 Å². The Bertz CT molecular complexity index is 632. The van der Waals surface area contributed by atoms with E-state index in [-0.39, 0.29) is 23.6 Å². The molecule has 4 atom stereocenters. The maximum absolute atomic E-state index is 14.0. The maximum atomic E-state index is 14.0. The molecule has 2 aliphatic heterocycles. The molecule has 0 bridgehead atoms. The summed E-state index contributed by atoms with van der Waals surface area (Å²) in [5.41, 5.74) is 0.705. The van der Waals surface area contributed by atoms with Crippen LogP contribution in [0.2, 0.25) is 0 Å². The van der Waals surface area contributed by atoms with Gasteiger partial charge in [-0.05, 0) is 29.9 Å². The van der Waals surface area contributed by atoms with Crippen molar-refractivity contribution in [1.29, 1.82) is 0 Å². The molecule has 0 radical (unpaired) electrons. The molecule has 3 aliphatic rings. The van der Waals surface area contributed by atoms with Crippen molar-refractivity contribution >= 4 is 5.91 Å². The highest BCUT2D eigenvalue weighted by Crippen LogP contribution is 2.49. The third kappa shape index (κ3) is 3.32. The molecule has 0 unspecified atom stereocenters. The molecule has 0 N–H and O–H groups in total. The molecule has 0 spiro atoms. The third-order valence-electron chi connectivity index (χ3n) is 6.17. The van der Waals surface area contributed by atoms with Crippen molar-refractivity contribution < 1.29 is 13.9 Å². The number of hydrogen-bond donors (Lipinski definition) is 0. The van der Waals surface area contributed by atoms with E-state index in [0.717, 1.165) is 52.2 Å². The number of benzene rings is 1. The number of halogens is 1. The molecular weight excluding hydrogens is 319 g/mol. The van der Waals surface area contributed by atoms with Gasteiger partial charge in [0.05, 0.1) is 13.2 Å². The highest BCUT2D eigenvalue weighted by atomic mass is 19.1. The minimum atomic E-state index is -0.179. The molecule has 1 aromatic carbocycles. The van der Waals surface area contributed by atoms with Crippen molar-refractivity contribution in [2.45, 2.75) is 31.7 Å². The first-order valence-corrected chi connectivity index (χ1v) is 9.54. The van der Waals surface area contributed by atoms with Crippen LogP contribution in [0.4, 0.5) is 4.39 Å². The van der Waals surface area contributed by atoms with Crippen molar-refractivity contribution in [2.75, 3.05) is 39.4 Å². The van der Waals surface area contributed by atoms with Gasteiger partial charge in [0, 0.05) is 38.1 Å². The first-order valence-electron chi connectivity index (χ1n) is 9.54. The molecule has 2 heterocycles. The predicted molar refractivity (Wildman–Crippen MR) is 93.8 cm³/mol. The van der Waals surface area contributed by atoms with Crippen LogP contribution in [0, 0.1) is 17.7 Å². The van der Waals surface area contributed by atoms with Crippen LogP contribution in [-0.4, -0.2) is 61.1 Å². The van der Waals surface area contributed by atoms with E-state index < -0.39 is 0 Å². The predicted octanol–water partition coefficient (Wildman–Crippen LogP) is 2.50. The lowest BCUT2D eigenvalue weighted by molar-refractivity contribution is -0.132. The summed E-state index contributed by atoms with van der Waals surface area (Å²) in [6.45, 7) is 7.38. The van der Waals surface area contributed by atoms with Gasteiger partial charge in [-0.1, -0.05) is 31.5 Å². The summed E-state index contributed by atoms with van der Waals surface area (Å²) >= 11 is 0. The van der Waals surface area contributed by atoms with Gasteiger partial charge in [0.15, 0.2) is 0 Å². The molecule has 3 fully saturated rings. The van der Waals surface area contributed by atoms with Crippen molar-refractivity contribution in [3.8, 4) is 0 Å². The number of nitrogens with zero attached hydrogens (tertiary/aromatic N) is 2. The number of hydrogen-bond acceptors (Lipinski definition) is 3. The van der Waals surface area contributed by atoms with Crippen LogP contribution in [0.15, 0.2) is 24.3 Å². The monoisotopic (exact) mass is 346 g/mol. The van der Waals surface area contributed by atoms with Crippen molar-refractivity contribution in [3.63, 3.8) is 0 Å². The zero-order valence-electron chi connectivity index (χ0n) is 14.9. The van der Waals surface area contributed by atoms with E-state index in [0.29, 0.717) is 17.5 Å². The Balaban J connectivity index is 1.41. The Labute approximate surface area is 148 Å². The summed E-state index contributed by atoms with van der Waals surface area (Å²) in [7, 11) is 0. The van der Waals surface area contributed by atoms with E-state index in [1.165, 1.54) is 6.07 Å². The Hall–Kier alpha value is -1.46. The third-order valence-corrected chi connectivity index (χ3v) is 6.17. The molecule has 4 rings (SSSR count). The van der Waals surface area contributed by atoms with Gasteiger partial charge in [0.25, 0.3) is 0 Å². The average Bonchev–Trinajstić information content (AvgIpc) is 3.32. The Morgan fingerprint density at radius 1 is 1.24 bits per heavy atom. The summed E-state index contributed by atoms with van der Waals surface area (Å²) in [5.74, 6) is 0.617. The second-order valence-corrected chi connectivity index (χ2v) is 7.60. The van der Waals surface area contributed by atoms with Gasteiger partial charge in [-0.2, -0.15) is 0 Å². The van der Waals surface area contributed by atoms with Gasteiger partial charge in [0.2, 0.25) is 5.91 Å². The quantitative estimate of drug-likeness (QED) is 0.840. The van der Waals surface area contributed by atoms with Crippen LogP contribution in [0.3, 0.4) is 0 Å². The number of likely N-dealkylation sites (tertiary alicyclic amines) is 1. The first kappa shape index (κ1) is 17.0. The van der Waals surface area contributed by atoms with Gasteiger partial charge >= 0.3 is 0 Å². The van der Waals surface area contributed by atoms with Crippen LogP contribution < -0.4 is 0 Å².